The second kappa shape index (κ2) is 9.27. The smallest absolute Gasteiger partial charge is 0.238 e. The Labute approximate surface area is 236 Å². The van der Waals surface area contributed by atoms with Crippen LogP contribution in [0, 0.1) is 11.7 Å². The summed E-state index contributed by atoms with van der Waals surface area (Å²) in [6.45, 7) is 0. The first-order valence-electron chi connectivity index (χ1n) is 13.4. The van der Waals surface area contributed by atoms with Crippen LogP contribution in [0.5, 0.6) is 5.75 Å². The van der Waals surface area contributed by atoms with Crippen LogP contribution in [-0.4, -0.2) is 36.7 Å². The lowest BCUT2D eigenvalue weighted by molar-refractivity contribution is -0.121. The molecule has 1 spiro atoms. The summed E-state index contributed by atoms with van der Waals surface area (Å²) < 4.78 is 20.6. The number of ketones is 2. The molecule has 4 aromatic carbocycles. The van der Waals surface area contributed by atoms with E-state index >= 15 is 4.39 Å². The van der Waals surface area contributed by atoms with Crippen molar-refractivity contribution in [2.45, 2.75) is 17.5 Å². The number of methoxy groups -OCH3 is 1. The molecule has 0 saturated carbocycles. The summed E-state index contributed by atoms with van der Waals surface area (Å²) >= 11 is 0. The fourth-order valence-electron chi connectivity index (χ4n) is 6.90. The Bertz CT molecular complexity index is 1780. The van der Waals surface area contributed by atoms with Crippen LogP contribution in [0.1, 0.15) is 31.8 Å². The first-order valence-corrected chi connectivity index (χ1v) is 13.4. The Balaban J connectivity index is 1.55. The number of para-hydroxylation sites is 2. The van der Waals surface area contributed by atoms with Crippen LogP contribution in [0.25, 0.3) is 6.08 Å². The van der Waals surface area contributed by atoms with Crippen LogP contribution in [0.15, 0.2) is 103 Å². The Hall–Kier alpha value is -5.04. The molecule has 4 atom stereocenters. The van der Waals surface area contributed by atoms with Crippen molar-refractivity contribution in [3.63, 3.8) is 0 Å². The number of carbonyl (C=O) groups is 3. The number of rotatable bonds is 5. The van der Waals surface area contributed by atoms with Gasteiger partial charge in [0, 0.05) is 16.9 Å². The van der Waals surface area contributed by atoms with Gasteiger partial charge in [-0.15, -0.1) is 0 Å². The maximum absolute atomic E-state index is 15.2. The van der Waals surface area contributed by atoms with E-state index in [1.807, 2.05) is 59.5 Å². The molecular weight excluding hydrogens is 519 g/mol. The van der Waals surface area contributed by atoms with E-state index in [1.165, 1.54) is 25.3 Å². The van der Waals surface area contributed by atoms with Crippen LogP contribution >= 0.6 is 0 Å². The van der Waals surface area contributed by atoms with Crippen molar-refractivity contribution in [2.75, 3.05) is 17.3 Å². The number of halogens is 1. The van der Waals surface area contributed by atoms with Gasteiger partial charge < -0.3 is 15.0 Å². The van der Waals surface area contributed by atoms with Crippen LogP contribution < -0.4 is 15.0 Å². The maximum atomic E-state index is 15.2. The van der Waals surface area contributed by atoms with Gasteiger partial charge in [0.05, 0.1) is 24.6 Å². The summed E-state index contributed by atoms with van der Waals surface area (Å²) in [5, 5.41) is 2.99. The number of hydrogen-bond acceptors (Lipinski definition) is 5. The van der Waals surface area contributed by atoms with Crippen LogP contribution in [0.2, 0.25) is 0 Å². The third-order valence-electron chi connectivity index (χ3n) is 8.59. The molecule has 1 fully saturated rings. The highest BCUT2D eigenvalue weighted by Crippen LogP contribution is 2.58. The van der Waals surface area contributed by atoms with E-state index in [9.17, 15) is 14.4 Å². The van der Waals surface area contributed by atoms with Crippen LogP contribution in [0.4, 0.5) is 15.8 Å². The van der Waals surface area contributed by atoms with Gasteiger partial charge in [-0.25, -0.2) is 4.39 Å². The molecule has 1 amide bonds. The van der Waals surface area contributed by atoms with Crippen molar-refractivity contribution in [2.24, 2.45) is 5.92 Å². The molecule has 4 aromatic rings. The molecule has 0 aromatic heterocycles. The second-order valence-electron chi connectivity index (χ2n) is 10.5. The van der Waals surface area contributed by atoms with Gasteiger partial charge in [-0.05, 0) is 47.5 Å². The van der Waals surface area contributed by atoms with E-state index in [0.29, 0.717) is 28.3 Å². The first-order chi connectivity index (χ1) is 20.0. The standard InChI is InChI=1S/C34H25FN2O4/c1-41-22-11-8-10-21(19-22)31(38)29-30(32(39)23-12-3-5-14-25(23)35)37-27-16-7-2-9-20(27)17-18-28(37)34(29)24-13-4-6-15-26(24)36-33(34)40/h2-19,28-30H,1H3,(H,36,40). The number of carbonyl (C=O) groups excluding carboxylic acids is 3. The van der Waals surface area contributed by atoms with Crippen molar-refractivity contribution < 1.29 is 23.5 Å². The molecule has 4 unspecified atom stereocenters. The number of hydrogen-bond donors (Lipinski definition) is 1. The number of benzene rings is 4. The predicted molar refractivity (Wildman–Crippen MR) is 154 cm³/mol. The van der Waals surface area contributed by atoms with Gasteiger partial charge in [-0.2, -0.15) is 0 Å². The van der Waals surface area contributed by atoms with E-state index in [0.717, 1.165) is 5.56 Å². The number of nitrogens with one attached hydrogen (secondary N) is 1. The average Bonchev–Trinajstić information content (AvgIpc) is 3.49. The Kier molecular flexibility index (Phi) is 5.64. The molecule has 6 nitrogen and oxygen atoms in total. The number of anilines is 2. The van der Waals surface area contributed by atoms with E-state index in [-0.39, 0.29) is 11.5 Å². The number of Topliss-reactive ketones (excluding diaryl/α,β-unsaturated/α-hetero) is 2. The monoisotopic (exact) mass is 544 g/mol. The predicted octanol–water partition coefficient (Wildman–Crippen LogP) is 5.69. The largest absolute Gasteiger partial charge is 0.497 e. The van der Waals surface area contributed by atoms with Gasteiger partial charge in [0.2, 0.25) is 5.91 Å². The van der Waals surface area contributed by atoms with Crippen molar-refractivity contribution >= 4 is 34.9 Å². The van der Waals surface area contributed by atoms with Crippen molar-refractivity contribution in [1.29, 1.82) is 0 Å². The second-order valence-corrected chi connectivity index (χ2v) is 10.5. The summed E-state index contributed by atoms with van der Waals surface area (Å²) in [6.07, 6.45) is 3.82. The fourth-order valence-corrected chi connectivity index (χ4v) is 6.90. The highest BCUT2D eigenvalue weighted by molar-refractivity contribution is 6.18. The van der Waals surface area contributed by atoms with Crippen LogP contribution in [0.3, 0.4) is 0 Å². The van der Waals surface area contributed by atoms with E-state index in [2.05, 4.69) is 5.32 Å². The Morgan fingerprint density at radius 1 is 0.902 bits per heavy atom. The van der Waals surface area contributed by atoms with Gasteiger partial charge in [0.25, 0.3) is 0 Å². The molecule has 3 heterocycles. The quantitative estimate of drug-likeness (QED) is 0.327. The average molecular weight is 545 g/mol. The number of fused-ring (bicyclic) bond motifs is 6. The lowest BCUT2D eigenvalue weighted by atomic mass is 9.64. The molecule has 1 N–H and O–H groups in total. The number of ether oxygens (including phenoxy) is 1. The maximum Gasteiger partial charge on any atom is 0.238 e. The topological polar surface area (TPSA) is 75.7 Å². The fraction of sp³-hybridized carbons (Fsp3) is 0.147. The lowest BCUT2D eigenvalue weighted by Gasteiger charge is -2.37. The zero-order chi connectivity index (χ0) is 28.3. The third-order valence-corrected chi connectivity index (χ3v) is 8.59. The summed E-state index contributed by atoms with van der Waals surface area (Å²) in [6, 6.07) is 25.4. The number of nitrogens with zero attached hydrogens (tertiary/aromatic N) is 1. The van der Waals surface area contributed by atoms with Gasteiger partial charge in [0.15, 0.2) is 11.6 Å². The molecule has 0 aliphatic carbocycles. The molecule has 3 aliphatic rings. The van der Waals surface area contributed by atoms with E-state index in [4.69, 9.17) is 4.74 Å². The SMILES string of the molecule is COc1cccc(C(=O)C2C(C(=O)c3ccccc3F)N3c4ccccc4C=CC3C23C(=O)Nc2ccccc23)c1. The normalized spacial score (nSPS) is 23.5. The zero-order valence-electron chi connectivity index (χ0n) is 22.1. The Morgan fingerprint density at radius 2 is 1.66 bits per heavy atom. The number of amides is 1. The molecule has 202 valence electrons. The summed E-state index contributed by atoms with van der Waals surface area (Å²) in [5.41, 5.74) is 1.47. The van der Waals surface area contributed by atoms with Gasteiger partial charge in [-0.1, -0.05) is 72.8 Å². The minimum atomic E-state index is -1.47. The molecule has 7 heteroatoms. The summed E-state index contributed by atoms with van der Waals surface area (Å²) in [7, 11) is 1.51. The molecule has 3 aliphatic heterocycles. The van der Waals surface area contributed by atoms with Crippen molar-refractivity contribution in [1.82, 2.24) is 0 Å². The highest BCUT2D eigenvalue weighted by Gasteiger charge is 2.70. The minimum absolute atomic E-state index is 0.129. The van der Waals surface area contributed by atoms with Crippen molar-refractivity contribution in [3.8, 4) is 5.75 Å². The zero-order valence-corrected chi connectivity index (χ0v) is 22.1. The van der Waals surface area contributed by atoms with Gasteiger partial charge in [0.1, 0.15) is 23.0 Å². The Morgan fingerprint density at radius 3 is 2.49 bits per heavy atom. The van der Waals surface area contributed by atoms with E-state index < -0.39 is 40.8 Å². The molecule has 7 rings (SSSR count). The molecule has 1 saturated heterocycles. The first kappa shape index (κ1) is 25.0. The molecule has 41 heavy (non-hydrogen) atoms. The summed E-state index contributed by atoms with van der Waals surface area (Å²) in [4.78, 5) is 45.5. The third kappa shape index (κ3) is 3.45. The summed E-state index contributed by atoms with van der Waals surface area (Å²) in [5.74, 6) is -2.73. The molecule has 0 bridgehead atoms. The highest BCUT2D eigenvalue weighted by atomic mass is 19.1. The lowest BCUT2D eigenvalue weighted by Crippen LogP contribution is -2.51. The van der Waals surface area contributed by atoms with Crippen molar-refractivity contribution in [3.05, 3.63) is 131 Å². The minimum Gasteiger partial charge on any atom is -0.497 e. The molecular formula is C34H25FN2O4. The molecule has 0 radical (unpaired) electrons. The van der Waals surface area contributed by atoms with Gasteiger partial charge >= 0.3 is 0 Å². The van der Waals surface area contributed by atoms with Gasteiger partial charge in [-0.3, -0.25) is 14.4 Å². The van der Waals surface area contributed by atoms with Crippen LogP contribution in [-0.2, 0) is 10.2 Å². The van der Waals surface area contributed by atoms with E-state index in [1.54, 1.807) is 36.4 Å².